The Hall–Kier alpha value is -1.86. The number of nitrogens with one attached hydrogen (secondary N) is 3. The molecule has 2 heterocycles. The number of ether oxygens (including phenoxy) is 2. The quantitative estimate of drug-likeness (QED) is 0.264. The van der Waals surface area contributed by atoms with Gasteiger partial charge in [0.1, 0.15) is 13.2 Å². The van der Waals surface area contributed by atoms with Gasteiger partial charge in [0.15, 0.2) is 0 Å². The van der Waals surface area contributed by atoms with E-state index in [9.17, 15) is 9.59 Å². The third-order valence-electron chi connectivity index (χ3n) is 6.71. The van der Waals surface area contributed by atoms with Crippen LogP contribution in [0.25, 0.3) is 0 Å². The molecule has 0 aromatic carbocycles. The molecule has 0 aromatic rings. The molecule has 0 atom stereocenters. The summed E-state index contributed by atoms with van der Waals surface area (Å²) in [6.07, 6.45) is 6.91. The SMILES string of the molecule is C/C(=C\C(=O)OCCOC(=O)/C=C(\C)C1CC(C)(C)NC(C)(C)C1)NC1CC(C)(C)NC(C)(C)C1. The van der Waals surface area contributed by atoms with Crippen molar-refractivity contribution in [3.05, 3.63) is 23.4 Å². The zero-order valence-corrected chi connectivity index (χ0v) is 23.7. The van der Waals surface area contributed by atoms with E-state index in [1.165, 1.54) is 6.08 Å². The van der Waals surface area contributed by atoms with Crippen molar-refractivity contribution in [3.63, 3.8) is 0 Å². The monoisotopic (exact) mass is 491 g/mol. The molecular weight excluding hydrogens is 442 g/mol. The van der Waals surface area contributed by atoms with Gasteiger partial charge < -0.3 is 25.4 Å². The van der Waals surface area contributed by atoms with Crippen molar-refractivity contribution in [2.24, 2.45) is 5.92 Å². The zero-order chi connectivity index (χ0) is 26.7. The van der Waals surface area contributed by atoms with Gasteiger partial charge in [0.2, 0.25) is 0 Å². The van der Waals surface area contributed by atoms with E-state index in [1.54, 1.807) is 6.08 Å². The topological polar surface area (TPSA) is 88.7 Å². The summed E-state index contributed by atoms with van der Waals surface area (Å²) in [6, 6.07) is 0.275. The van der Waals surface area contributed by atoms with Crippen LogP contribution in [0.5, 0.6) is 0 Å². The lowest BCUT2D eigenvalue weighted by atomic mass is 9.73. The van der Waals surface area contributed by atoms with E-state index in [1.807, 2.05) is 13.8 Å². The molecule has 0 unspecified atom stereocenters. The fourth-order valence-corrected chi connectivity index (χ4v) is 6.28. The normalized spacial score (nSPS) is 24.5. The molecule has 0 aliphatic carbocycles. The van der Waals surface area contributed by atoms with Gasteiger partial charge in [-0.05, 0) is 101 Å². The Bertz CT molecular complexity index is 807. The van der Waals surface area contributed by atoms with E-state index < -0.39 is 11.9 Å². The molecule has 7 nitrogen and oxygen atoms in total. The highest BCUT2D eigenvalue weighted by Crippen LogP contribution is 2.36. The van der Waals surface area contributed by atoms with Gasteiger partial charge in [0.05, 0.1) is 0 Å². The molecule has 35 heavy (non-hydrogen) atoms. The second-order valence-corrected chi connectivity index (χ2v) is 13.2. The van der Waals surface area contributed by atoms with Gasteiger partial charge >= 0.3 is 11.9 Å². The van der Waals surface area contributed by atoms with E-state index in [4.69, 9.17) is 9.47 Å². The summed E-state index contributed by atoms with van der Waals surface area (Å²) in [5.41, 5.74) is 1.88. The van der Waals surface area contributed by atoms with Crippen LogP contribution >= 0.6 is 0 Å². The molecule has 7 heteroatoms. The first kappa shape index (κ1) is 29.4. The second kappa shape index (κ2) is 11.0. The minimum Gasteiger partial charge on any atom is -0.459 e. The van der Waals surface area contributed by atoms with Gasteiger partial charge in [0, 0.05) is 46.0 Å². The van der Waals surface area contributed by atoms with Gasteiger partial charge in [-0.1, -0.05) is 5.57 Å². The van der Waals surface area contributed by atoms with Crippen molar-refractivity contribution in [2.45, 2.75) is 123 Å². The third kappa shape index (κ3) is 10.3. The van der Waals surface area contributed by atoms with E-state index in [0.29, 0.717) is 5.92 Å². The fraction of sp³-hybridized carbons (Fsp3) is 0.786. The number of carbonyl (C=O) groups is 2. The van der Waals surface area contributed by atoms with E-state index in [2.05, 4.69) is 71.3 Å². The van der Waals surface area contributed by atoms with Crippen molar-refractivity contribution in [3.8, 4) is 0 Å². The molecule has 0 radical (unpaired) electrons. The molecule has 200 valence electrons. The maximum atomic E-state index is 12.3. The van der Waals surface area contributed by atoms with Crippen LogP contribution in [0.2, 0.25) is 0 Å². The third-order valence-corrected chi connectivity index (χ3v) is 6.71. The summed E-state index contributed by atoms with van der Waals surface area (Å²) in [7, 11) is 0. The van der Waals surface area contributed by atoms with Gasteiger partial charge in [-0.3, -0.25) is 0 Å². The van der Waals surface area contributed by atoms with Crippen molar-refractivity contribution < 1.29 is 19.1 Å². The van der Waals surface area contributed by atoms with E-state index >= 15 is 0 Å². The second-order valence-electron chi connectivity index (χ2n) is 13.2. The summed E-state index contributed by atoms with van der Waals surface area (Å²) in [5, 5.41) is 10.8. The predicted octanol–water partition coefficient (Wildman–Crippen LogP) is 4.38. The highest BCUT2D eigenvalue weighted by molar-refractivity contribution is 5.83. The summed E-state index contributed by atoms with van der Waals surface area (Å²) in [6.45, 7) is 21.5. The first-order valence-corrected chi connectivity index (χ1v) is 12.9. The van der Waals surface area contributed by atoms with Gasteiger partial charge in [0.25, 0.3) is 0 Å². The molecule has 0 saturated carbocycles. The van der Waals surface area contributed by atoms with Gasteiger partial charge in [-0.25, -0.2) is 9.59 Å². The maximum absolute atomic E-state index is 12.3. The number of hydrogen-bond donors (Lipinski definition) is 3. The zero-order valence-electron chi connectivity index (χ0n) is 23.7. The minimum atomic E-state index is -0.440. The Morgan fingerprint density at radius 3 is 1.60 bits per heavy atom. The first-order chi connectivity index (χ1) is 15.9. The molecule has 2 fully saturated rings. The minimum absolute atomic E-state index is 0.0143. The molecule has 0 bridgehead atoms. The van der Waals surface area contributed by atoms with Crippen LogP contribution in [-0.2, 0) is 19.1 Å². The van der Waals surface area contributed by atoms with Crippen molar-refractivity contribution in [1.29, 1.82) is 0 Å². The molecule has 2 aliphatic rings. The number of piperidine rings is 2. The summed E-state index contributed by atoms with van der Waals surface area (Å²) < 4.78 is 10.5. The summed E-state index contributed by atoms with van der Waals surface area (Å²) in [5.74, 6) is -0.509. The van der Waals surface area contributed by atoms with Gasteiger partial charge in [-0.15, -0.1) is 0 Å². The van der Waals surface area contributed by atoms with E-state index in [-0.39, 0.29) is 41.4 Å². The molecule has 0 spiro atoms. The van der Waals surface area contributed by atoms with Crippen LogP contribution in [-0.4, -0.2) is 53.3 Å². The number of rotatable bonds is 8. The molecule has 0 aromatic heterocycles. The van der Waals surface area contributed by atoms with Crippen LogP contribution in [0.4, 0.5) is 0 Å². The van der Waals surface area contributed by atoms with Crippen molar-refractivity contribution >= 4 is 11.9 Å². The fourth-order valence-electron chi connectivity index (χ4n) is 6.28. The molecule has 2 rings (SSSR count). The molecule has 0 amide bonds. The van der Waals surface area contributed by atoms with Crippen molar-refractivity contribution in [1.82, 2.24) is 16.0 Å². The van der Waals surface area contributed by atoms with Crippen LogP contribution < -0.4 is 16.0 Å². The number of hydrogen-bond acceptors (Lipinski definition) is 7. The van der Waals surface area contributed by atoms with E-state index in [0.717, 1.165) is 37.0 Å². The lowest BCUT2D eigenvalue weighted by molar-refractivity contribution is -0.146. The van der Waals surface area contributed by atoms with Crippen LogP contribution in [0.15, 0.2) is 23.4 Å². The average molecular weight is 492 g/mol. The smallest absolute Gasteiger partial charge is 0.332 e. The lowest BCUT2D eigenvalue weighted by Gasteiger charge is -2.47. The average Bonchev–Trinajstić information content (AvgIpc) is 2.59. The predicted molar refractivity (Wildman–Crippen MR) is 141 cm³/mol. The standard InChI is InChI=1S/C28H49N3O4/c1-19(21-15-25(3,4)30-26(5,6)16-21)13-23(32)34-11-12-35-24(33)14-20(2)29-22-17-27(7,8)31-28(9,10)18-22/h13-14,21-22,29-31H,11-12,15-18H2,1-10H3/b19-13+,20-14+. The summed E-state index contributed by atoms with van der Waals surface area (Å²) >= 11 is 0. The first-order valence-electron chi connectivity index (χ1n) is 12.9. The Balaban J connectivity index is 1.76. The maximum Gasteiger partial charge on any atom is 0.332 e. The highest BCUT2D eigenvalue weighted by atomic mass is 16.6. The van der Waals surface area contributed by atoms with Crippen LogP contribution in [0.1, 0.15) is 94.9 Å². The molecule has 2 saturated heterocycles. The van der Waals surface area contributed by atoms with Crippen molar-refractivity contribution in [2.75, 3.05) is 13.2 Å². The molecule has 3 N–H and O–H groups in total. The Morgan fingerprint density at radius 1 is 0.743 bits per heavy atom. The molecule has 2 aliphatic heterocycles. The largest absolute Gasteiger partial charge is 0.459 e. The number of esters is 2. The number of carbonyl (C=O) groups excluding carboxylic acids is 2. The van der Waals surface area contributed by atoms with Gasteiger partial charge in [-0.2, -0.15) is 0 Å². The molecular formula is C28H49N3O4. The van der Waals surface area contributed by atoms with Crippen LogP contribution in [0.3, 0.4) is 0 Å². The Labute approximate surface area is 212 Å². The highest BCUT2D eigenvalue weighted by Gasteiger charge is 2.39. The lowest BCUT2D eigenvalue weighted by Crippen LogP contribution is -2.61. The Morgan fingerprint density at radius 2 is 1.14 bits per heavy atom. The van der Waals surface area contributed by atoms with Crippen LogP contribution in [0, 0.1) is 5.92 Å². The number of allylic oxidation sites excluding steroid dienone is 2. The Kier molecular flexibility index (Phi) is 9.26. The summed E-state index contributed by atoms with van der Waals surface area (Å²) in [4.78, 5) is 24.5.